The largest absolute Gasteiger partial charge is 0.496 e. The number of nitrogens with one attached hydrogen (secondary N) is 1. The minimum absolute atomic E-state index is 0.597. The number of methoxy groups -OCH3 is 1. The smallest absolute Gasteiger partial charge is 0.124 e. The third-order valence-electron chi connectivity index (χ3n) is 3.31. The molecule has 6 heteroatoms. The molecule has 20 heavy (non-hydrogen) atoms. The van der Waals surface area contributed by atoms with E-state index in [1.807, 2.05) is 24.4 Å². The van der Waals surface area contributed by atoms with Crippen molar-refractivity contribution in [2.45, 2.75) is 32.0 Å². The van der Waals surface area contributed by atoms with Crippen molar-refractivity contribution >= 4 is 11.6 Å². The molecule has 0 atom stereocenters. The van der Waals surface area contributed by atoms with Gasteiger partial charge in [0.25, 0.3) is 0 Å². The fourth-order valence-corrected chi connectivity index (χ4v) is 2.27. The number of halogens is 1. The lowest BCUT2D eigenvalue weighted by Crippen LogP contribution is -2.15. The van der Waals surface area contributed by atoms with Crippen molar-refractivity contribution in [3.05, 3.63) is 40.7 Å². The summed E-state index contributed by atoms with van der Waals surface area (Å²) < 4.78 is 7.14. The summed E-state index contributed by atoms with van der Waals surface area (Å²) in [5.74, 6) is 0.808. The third kappa shape index (κ3) is 3.29. The second kappa shape index (κ2) is 5.81. The fraction of sp³-hybridized carbons (Fsp3) is 0.429. The van der Waals surface area contributed by atoms with E-state index in [0.717, 1.165) is 23.6 Å². The molecule has 1 aliphatic carbocycles. The molecule has 1 saturated carbocycles. The van der Waals surface area contributed by atoms with Crippen LogP contribution < -0.4 is 10.1 Å². The second-order valence-corrected chi connectivity index (χ2v) is 5.46. The zero-order chi connectivity index (χ0) is 13.9. The Morgan fingerprint density at radius 1 is 1.45 bits per heavy atom. The topological polar surface area (TPSA) is 52.0 Å². The molecular formula is C14H17ClN4O. The van der Waals surface area contributed by atoms with Crippen molar-refractivity contribution in [2.75, 3.05) is 7.11 Å². The molecule has 0 aliphatic heterocycles. The van der Waals surface area contributed by atoms with Crippen LogP contribution in [0, 0.1) is 0 Å². The summed E-state index contributed by atoms with van der Waals surface area (Å²) >= 11 is 6.03. The van der Waals surface area contributed by atoms with Crippen LogP contribution in [0.5, 0.6) is 5.75 Å². The zero-order valence-electron chi connectivity index (χ0n) is 11.3. The molecule has 1 N–H and O–H groups in total. The first-order chi connectivity index (χ1) is 9.74. The number of nitrogens with zero attached hydrogens (tertiary/aromatic N) is 3. The Balaban J connectivity index is 1.68. The predicted molar refractivity (Wildman–Crippen MR) is 77.0 cm³/mol. The Morgan fingerprint density at radius 3 is 3.05 bits per heavy atom. The van der Waals surface area contributed by atoms with Crippen molar-refractivity contribution in [1.82, 2.24) is 20.3 Å². The molecule has 0 amide bonds. The molecule has 3 rings (SSSR count). The Kier molecular flexibility index (Phi) is 3.89. The lowest BCUT2D eigenvalue weighted by atomic mass is 10.2. The van der Waals surface area contributed by atoms with E-state index in [4.69, 9.17) is 16.3 Å². The Bertz CT molecular complexity index is 595. The first kappa shape index (κ1) is 13.4. The predicted octanol–water partition coefficient (Wildman–Crippen LogP) is 2.24. The minimum Gasteiger partial charge on any atom is -0.496 e. The molecule has 1 aliphatic rings. The second-order valence-electron chi connectivity index (χ2n) is 5.02. The van der Waals surface area contributed by atoms with Gasteiger partial charge in [0.1, 0.15) is 5.75 Å². The van der Waals surface area contributed by atoms with Crippen LogP contribution in [0.15, 0.2) is 24.4 Å². The van der Waals surface area contributed by atoms with Crippen molar-refractivity contribution < 1.29 is 4.74 Å². The first-order valence-corrected chi connectivity index (χ1v) is 7.07. The van der Waals surface area contributed by atoms with Gasteiger partial charge >= 0.3 is 0 Å². The maximum Gasteiger partial charge on any atom is 0.124 e. The third-order valence-corrected chi connectivity index (χ3v) is 3.55. The Morgan fingerprint density at radius 2 is 2.30 bits per heavy atom. The van der Waals surface area contributed by atoms with Gasteiger partial charge in [0, 0.05) is 23.2 Å². The van der Waals surface area contributed by atoms with Crippen LogP contribution >= 0.6 is 11.6 Å². The van der Waals surface area contributed by atoms with Gasteiger partial charge in [-0.15, -0.1) is 5.10 Å². The van der Waals surface area contributed by atoms with Crippen LogP contribution in [-0.2, 0) is 13.1 Å². The van der Waals surface area contributed by atoms with Crippen LogP contribution in [0.2, 0.25) is 5.02 Å². The molecule has 1 aromatic carbocycles. The quantitative estimate of drug-likeness (QED) is 0.887. The molecule has 1 fully saturated rings. The summed E-state index contributed by atoms with van der Waals surface area (Å²) in [4.78, 5) is 0. The minimum atomic E-state index is 0.597. The monoisotopic (exact) mass is 292 g/mol. The van der Waals surface area contributed by atoms with Crippen LogP contribution in [0.4, 0.5) is 0 Å². The van der Waals surface area contributed by atoms with E-state index in [-0.39, 0.29) is 0 Å². The van der Waals surface area contributed by atoms with Gasteiger partial charge in [-0.05, 0) is 31.0 Å². The van der Waals surface area contributed by atoms with Gasteiger partial charge in [-0.2, -0.15) is 0 Å². The van der Waals surface area contributed by atoms with Crippen molar-refractivity contribution in [3.8, 4) is 5.75 Å². The van der Waals surface area contributed by atoms with Gasteiger partial charge in [-0.3, -0.25) is 0 Å². The van der Waals surface area contributed by atoms with Crippen LogP contribution in [-0.4, -0.2) is 28.1 Å². The van der Waals surface area contributed by atoms with Gasteiger partial charge in [0.15, 0.2) is 0 Å². The maximum absolute atomic E-state index is 6.03. The summed E-state index contributed by atoms with van der Waals surface area (Å²) in [5, 5.41) is 12.4. The van der Waals surface area contributed by atoms with Crippen LogP contribution in [0.3, 0.4) is 0 Å². The highest BCUT2D eigenvalue weighted by Crippen LogP contribution is 2.23. The highest BCUT2D eigenvalue weighted by atomic mass is 35.5. The molecule has 0 saturated heterocycles. The number of benzene rings is 1. The summed E-state index contributed by atoms with van der Waals surface area (Å²) in [5.41, 5.74) is 1.95. The molecule has 1 aromatic heterocycles. The average Bonchev–Trinajstić information content (AvgIpc) is 3.17. The normalized spacial score (nSPS) is 14.5. The lowest BCUT2D eigenvalue weighted by molar-refractivity contribution is 0.407. The highest BCUT2D eigenvalue weighted by Gasteiger charge is 2.20. The van der Waals surface area contributed by atoms with Gasteiger partial charge in [-0.1, -0.05) is 16.8 Å². The van der Waals surface area contributed by atoms with Crippen molar-refractivity contribution in [2.24, 2.45) is 0 Å². The van der Waals surface area contributed by atoms with E-state index in [1.54, 1.807) is 11.8 Å². The highest BCUT2D eigenvalue weighted by molar-refractivity contribution is 6.30. The SMILES string of the molecule is COc1ccc(Cl)cc1Cn1cc(CNC2CC2)nn1. The molecule has 106 valence electrons. The molecular weight excluding hydrogens is 276 g/mol. The molecule has 1 heterocycles. The molecule has 0 unspecified atom stereocenters. The zero-order valence-corrected chi connectivity index (χ0v) is 12.1. The Labute approximate surface area is 122 Å². The summed E-state index contributed by atoms with van der Waals surface area (Å²) in [6.45, 7) is 1.37. The number of hydrogen-bond donors (Lipinski definition) is 1. The van der Waals surface area contributed by atoms with E-state index < -0.39 is 0 Å². The fourth-order valence-electron chi connectivity index (χ4n) is 2.08. The van der Waals surface area contributed by atoms with Gasteiger partial charge in [0.2, 0.25) is 0 Å². The van der Waals surface area contributed by atoms with Crippen molar-refractivity contribution in [3.63, 3.8) is 0 Å². The van der Waals surface area contributed by atoms with Gasteiger partial charge < -0.3 is 10.1 Å². The summed E-state index contributed by atoms with van der Waals surface area (Å²) in [6, 6.07) is 6.25. The molecule has 0 radical (unpaired) electrons. The van der Waals surface area contributed by atoms with E-state index in [9.17, 15) is 0 Å². The van der Waals surface area contributed by atoms with Crippen molar-refractivity contribution in [1.29, 1.82) is 0 Å². The van der Waals surface area contributed by atoms with Gasteiger partial charge in [0.05, 0.1) is 25.5 Å². The number of ether oxygens (including phenoxy) is 1. The molecule has 0 bridgehead atoms. The van der Waals surface area contributed by atoms with E-state index in [0.29, 0.717) is 17.6 Å². The number of rotatable bonds is 6. The molecule has 2 aromatic rings. The molecule has 5 nitrogen and oxygen atoms in total. The molecule has 0 spiro atoms. The summed E-state index contributed by atoms with van der Waals surface area (Å²) in [6.07, 6.45) is 4.50. The summed E-state index contributed by atoms with van der Waals surface area (Å²) in [7, 11) is 1.65. The Hall–Kier alpha value is -1.59. The van der Waals surface area contributed by atoms with Gasteiger partial charge in [-0.25, -0.2) is 4.68 Å². The first-order valence-electron chi connectivity index (χ1n) is 6.69. The van der Waals surface area contributed by atoms with Crippen LogP contribution in [0.25, 0.3) is 0 Å². The number of aromatic nitrogens is 3. The van der Waals surface area contributed by atoms with E-state index in [1.165, 1.54) is 12.8 Å². The van der Waals surface area contributed by atoms with Crippen LogP contribution in [0.1, 0.15) is 24.1 Å². The average molecular weight is 293 g/mol. The van der Waals surface area contributed by atoms with E-state index >= 15 is 0 Å². The lowest BCUT2D eigenvalue weighted by Gasteiger charge is -2.08. The maximum atomic E-state index is 6.03. The van der Waals surface area contributed by atoms with E-state index in [2.05, 4.69) is 15.6 Å². The standard InChI is InChI=1S/C14H17ClN4O/c1-20-14-5-2-11(15)6-10(14)8-19-9-13(17-18-19)7-16-12-3-4-12/h2,5-6,9,12,16H,3-4,7-8H2,1H3. The number of hydrogen-bond acceptors (Lipinski definition) is 4.